The van der Waals surface area contributed by atoms with Gasteiger partial charge in [-0.05, 0) is 0 Å². The summed E-state index contributed by atoms with van der Waals surface area (Å²) in [6, 6.07) is 20.5. The standard InChI is InChI=1S/C14H17OP/c1-16(2,14-11-7-4-8-12-14)15-13-9-5-3-6-10-13/h3-12,16H,1-2H3. The van der Waals surface area contributed by atoms with Gasteiger partial charge in [-0.1, -0.05) is 0 Å². The van der Waals surface area contributed by atoms with Gasteiger partial charge >= 0.3 is 97.1 Å². The molecule has 0 saturated heterocycles. The summed E-state index contributed by atoms with van der Waals surface area (Å²) in [5, 5.41) is 1.32. The number of hydrogen-bond acceptors (Lipinski definition) is 1. The molecule has 0 heterocycles. The van der Waals surface area contributed by atoms with E-state index in [1.54, 1.807) is 0 Å². The van der Waals surface area contributed by atoms with Crippen molar-refractivity contribution in [2.45, 2.75) is 0 Å². The molecule has 0 aliphatic heterocycles. The van der Waals surface area contributed by atoms with E-state index in [2.05, 4.69) is 37.6 Å². The Labute approximate surface area is 97.5 Å². The van der Waals surface area contributed by atoms with Gasteiger partial charge in [-0.25, -0.2) is 0 Å². The van der Waals surface area contributed by atoms with Crippen LogP contribution in [0.25, 0.3) is 0 Å². The van der Waals surface area contributed by atoms with Gasteiger partial charge in [0.15, 0.2) is 0 Å². The first kappa shape index (κ1) is 11.2. The maximum atomic E-state index is 6.13. The van der Waals surface area contributed by atoms with Crippen molar-refractivity contribution < 1.29 is 4.52 Å². The average Bonchev–Trinajstić information content (AvgIpc) is 2.31. The molecule has 0 aromatic heterocycles. The fourth-order valence-electron chi connectivity index (χ4n) is 1.68. The Hall–Kier alpha value is -1.33. The fourth-order valence-corrected chi connectivity index (χ4v) is 3.52. The van der Waals surface area contributed by atoms with Crippen molar-refractivity contribution in [3.8, 4) is 5.75 Å². The molecular formula is C14H17OP. The molecule has 0 N–H and O–H groups in total. The average molecular weight is 232 g/mol. The summed E-state index contributed by atoms with van der Waals surface area (Å²) in [4.78, 5) is 0. The normalized spacial score (nSPS) is 12.1. The summed E-state index contributed by atoms with van der Waals surface area (Å²) < 4.78 is 6.13. The van der Waals surface area contributed by atoms with Crippen LogP contribution in [-0.2, 0) is 0 Å². The molecule has 0 saturated carbocycles. The van der Waals surface area contributed by atoms with Crippen molar-refractivity contribution in [1.29, 1.82) is 0 Å². The van der Waals surface area contributed by atoms with Crippen molar-refractivity contribution in [1.82, 2.24) is 0 Å². The summed E-state index contributed by atoms with van der Waals surface area (Å²) in [5.74, 6) is 0.961. The van der Waals surface area contributed by atoms with Gasteiger partial charge in [0.05, 0.1) is 0 Å². The Balaban J connectivity index is 2.21. The van der Waals surface area contributed by atoms with E-state index in [0.717, 1.165) is 5.75 Å². The minimum atomic E-state index is -1.82. The van der Waals surface area contributed by atoms with Crippen molar-refractivity contribution in [3.63, 3.8) is 0 Å². The summed E-state index contributed by atoms with van der Waals surface area (Å²) in [6.07, 6.45) is 0. The molecule has 2 heteroatoms. The zero-order valence-electron chi connectivity index (χ0n) is 9.68. The zero-order chi connectivity index (χ0) is 11.4. The van der Waals surface area contributed by atoms with Crippen LogP contribution >= 0.6 is 7.49 Å². The van der Waals surface area contributed by atoms with Crippen LogP contribution in [0.4, 0.5) is 0 Å². The molecule has 0 radical (unpaired) electrons. The summed E-state index contributed by atoms with van der Waals surface area (Å²) in [7, 11) is -1.82. The van der Waals surface area contributed by atoms with E-state index in [-0.39, 0.29) is 0 Å². The molecule has 0 unspecified atom stereocenters. The van der Waals surface area contributed by atoms with E-state index in [4.69, 9.17) is 4.52 Å². The third kappa shape index (κ3) is 2.62. The summed E-state index contributed by atoms with van der Waals surface area (Å²) in [5.41, 5.74) is 0. The second-order valence-corrected chi connectivity index (χ2v) is 8.09. The van der Waals surface area contributed by atoms with Crippen LogP contribution in [0.5, 0.6) is 5.75 Å². The first-order valence-electron chi connectivity index (χ1n) is 5.48. The summed E-state index contributed by atoms with van der Waals surface area (Å²) in [6.45, 7) is 4.44. The van der Waals surface area contributed by atoms with Crippen molar-refractivity contribution in [2.75, 3.05) is 13.3 Å². The fraction of sp³-hybridized carbons (Fsp3) is 0.143. The molecule has 2 rings (SSSR count). The molecule has 2 aromatic carbocycles. The van der Waals surface area contributed by atoms with Crippen LogP contribution in [0.3, 0.4) is 0 Å². The number of hydrogen-bond donors (Lipinski definition) is 0. The van der Waals surface area contributed by atoms with Gasteiger partial charge < -0.3 is 0 Å². The Morgan fingerprint density at radius 3 is 1.81 bits per heavy atom. The molecule has 0 fully saturated rings. The molecule has 0 bridgehead atoms. The molecule has 84 valence electrons. The molecule has 1 nitrogen and oxygen atoms in total. The molecule has 2 aromatic rings. The Bertz CT molecular complexity index is 437. The zero-order valence-corrected chi connectivity index (χ0v) is 10.7. The third-order valence-electron chi connectivity index (χ3n) is 2.59. The Morgan fingerprint density at radius 1 is 0.750 bits per heavy atom. The van der Waals surface area contributed by atoms with Crippen molar-refractivity contribution >= 4 is 12.8 Å². The van der Waals surface area contributed by atoms with Crippen molar-refractivity contribution in [3.05, 3.63) is 60.7 Å². The first-order valence-corrected chi connectivity index (χ1v) is 8.39. The Morgan fingerprint density at radius 2 is 1.25 bits per heavy atom. The van der Waals surface area contributed by atoms with E-state index < -0.39 is 7.49 Å². The van der Waals surface area contributed by atoms with Gasteiger partial charge in [-0.15, -0.1) is 0 Å². The van der Waals surface area contributed by atoms with Crippen molar-refractivity contribution in [2.24, 2.45) is 0 Å². The minimum absolute atomic E-state index is 0.961. The molecule has 0 aliphatic rings. The number of benzene rings is 2. The van der Waals surface area contributed by atoms with Crippen LogP contribution in [0.15, 0.2) is 60.7 Å². The van der Waals surface area contributed by atoms with Crippen LogP contribution in [0, 0.1) is 0 Å². The summed E-state index contributed by atoms with van der Waals surface area (Å²) >= 11 is 0. The van der Waals surface area contributed by atoms with Gasteiger partial charge in [0.25, 0.3) is 0 Å². The second kappa shape index (κ2) is 4.67. The molecule has 0 spiro atoms. The molecule has 16 heavy (non-hydrogen) atoms. The predicted molar refractivity (Wildman–Crippen MR) is 73.3 cm³/mol. The van der Waals surface area contributed by atoms with Gasteiger partial charge in [-0.2, -0.15) is 0 Å². The van der Waals surface area contributed by atoms with Crippen LogP contribution < -0.4 is 9.83 Å². The number of rotatable bonds is 3. The topological polar surface area (TPSA) is 9.23 Å². The van der Waals surface area contributed by atoms with Crippen LogP contribution in [0.2, 0.25) is 0 Å². The predicted octanol–water partition coefficient (Wildman–Crippen LogP) is 3.32. The maximum absolute atomic E-state index is 6.13. The molecule has 0 amide bonds. The van der Waals surface area contributed by atoms with Crippen LogP contribution in [-0.4, -0.2) is 13.3 Å². The van der Waals surface area contributed by atoms with Crippen LogP contribution in [0.1, 0.15) is 0 Å². The molecule has 0 aliphatic carbocycles. The number of para-hydroxylation sites is 1. The van der Waals surface area contributed by atoms with Gasteiger partial charge in [-0.3, -0.25) is 0 Å². The van der Waals surface area contributed by atoms with E-state index in [9.17, 15) is 0 Å². The quantitative estimate of drug-likeness (QED) is 0.738. The van der Waals surface area contributed by atoms with Gasteiger partial charge in [0.1, 0.15) is 0 Å². The molecular weight excluding hydrogens is 215 g/mol. The third-order valence-corrected chi connectivity index (χ3v) is 5.05. The van der Waals surface area contributed by atoms with E-state index >= 15 is 0 Å². The van der Waals surface area contributed by atoms with E-state index in [0.29, 0.717) is 0 Å². The Kier molecular flexibility index (Phi) is 3.26. The van der Waals surface area contributed by atoms with Gasteiger partial charge in [0.2, 0.25) is 0 Å². The van der Waals surface area contributed by atoms with Gasteiger partial charge in [0, 0.05) is 0 Å². The molecule has 0 atom stereocenters. The van der Waals surface area contributed by atoms with E-state index in [1.165, 1.54) is 5.30 Å². The van der Waals surface area contributed by atoms with E-state index in [1.807, 2.05) is 36.4 Å². The first-order chi connectivity index (χ1) is 7.68. The second-order valence-electron chi connectivity index (χ2n) is 4.29. The monoisotopic (exact) mass is 232 g/mol. The SMILES string of the molecule is C[PH](C)(Oc1ccccc1)c1ccccc1.